The summed E-state index contributed by atoms with van der Waals surface area (Å²) >= 11 is 3.32. The summed E-state index contributed by atoms with van der Waals surface area (Å²) in [7, 11) is 1.69. The lowest BCUT2D eigenvalue weighted by Gasteiger charge is -2.28. The third-order valence-corrected chi connectivity index (χ3v) is 7.33. The summed E-state index contributed by atoms with van der Waals surface area (Å²) in [5, 5.41) is 8.95. The molecule has 0 bridgehead atoms. The molecule has 0 fully saturated rings. The SMILES string of the molecule is CCCCC1CSc2cc(CSCC(=O)O)c(OC)cc2N(c2ccccc2)C1. The molecule has 0 amide bonds. The van der Waals surface area contributed by atoms with Gasteiger partial charge >= 0.3 is 5.97 Å². The molecule has 1 atom stereocenters. The fourth-order valence-corrected chi connectivity index (χ4v) is 5.56. The Hall–Kier alpha value is -1.79. The number of methoxy groups -OCH3 is 1. The number of anilines is 2. The minimum Gasteiger partial charge on any atom is -0.496 e. The number of carboxylic acid groups (broad SMARTS) is 1. The van der Waals surface area contributed by atoms with E-state index < -0.39 is 5.97 Å². The Labute approximate surface area is 182 Å². The van der Waals surface area contributed by atoms with Gasteiger partial charge in [0.15, 0.2) is 0 Å². The molecule has 0 saturated carbocycles. The maximum atomic E-state index is 10.9. The van der Waals surface area contributed by atoms with Crippen molar-refractivity contribution in [1.29, 1.82) is 0 Å². The highest BCUT2D eigenvalue weighted by atomic mass is 32.2. The number of fused-ring (bicyclic) bond motifs is 1. The molecule has 0 radical (unpaired) electrons. The fraction of sp³-hybridized carbons (Fsp3) is 0.435. The van der Waals surface area contributed by atoms with Crippen molar-refractivity contribution in [2.45, 2.75) is 36.8 Å². The monoisotopic (exact) mass is 431 g/mol. The van der Waals surface area contributed by atoms with Gasteiger partial charge in [0, 0.05) is 40.3 Å². The van der Waals surface area contributed by atoms with E-state index in [1.807, 2.05) is 11.8 Å². The predicted octanol–water partition coefficient (Wildman–Crippen LogP) is 6.06. The zero-order chi connectivity index (χ0) is 20.6. The third-order valence-electron chi connectivity index (χ3n) is 5.08. The number of carbonyl (C=O) groups is 1. The Balaban J connectivity index is 1.95. The Morgan fingerprint density at radius 2 is 2.10 bits per heavy atom. The van der Waals surface area contributed by atoms with E-state index in [0.29, 0.717) is 11.7 Å². The first-order chi connectivity index (χ1) is 14.1. The van der Waals surface area contributed by atoms with Crippen LogP contribution < -0.4 is 9.64 Å². The molecule has 156 valence electrons. The van der Waals surface area contributed by atoms with Gasteiger partial charge in [-0.25, -0.2) is 0 Å². The molecule has 0 saturated heterocycles. The molecule has 0 spiro atoms. The first kappa shape index (κ1) is 21.9. The topological polar surface area (TPSA) is 49.8 Å². The maximum absolute atomic E-state index is 10.9. The number of para-hydroxylation sites is 1. The van der Waals surface area contributed by atoms with Gasteiger partial charge in [0.25, 0.3) is 0 Å². The Bertz CT molecular complexity index is 813. The first-order valence-corrected chi connectivity index (χ1v) is 12.2. The molecule has 6 heteroatoms. The van der Waals surface area contributed by atoms with E-state index in [2.05, 4.69) is 54.3 Å². The van der Waals surface area contributed by atoms with Crippen molar-refractivity contribution in [3.8, 4) is 5.75 Å². The molecular weight excluding hydrogens is 402 g/mol. The number of ether oxygens (including phenoxy) is 1. The number of rotatable bonds is 9. The number of nitrogens with zero attached hydrogens (tertiary/aromatic N) is 1. The van der Waals surface area contributed by atoms with Gasteiger partial charge in [-0.1, -0.05) is 38.0 Å². The highest BCUT2D eigenvalue weighted by Crippen LogP contribution is 2.44. The van der Waals surface area contributed by atoms with Crippen LogP contribution in [0.3, 0.4) is 0 Å². The number of hydrogen-bond acceptors (Lipinski definition) is 5. The summed E-state index contributed by atoms with van der Waals surface area (Å²) < 4.78 is 5.69. The fourth-order valence-electron chi connectivity index (χ4n) is 3.61. The number of aliphatic carboxylic acids is 1. The number of unbranched alkanes of at least 4 members (excludes halogenated alkanes) is 1. The van der Waals surface area contributed by atoms with Gasteiger partial charge in [0.1, 0.15) is 5.75 Å². The van der Waals surface area contributed by atoms with E-state index in [1.165, 1.54) is 47.3 Å². The van der Waals surface area contributed by atoms with Crippen LogP contribution in [0, 0.1) is 5.92 Å². The van der Waals surface area contributed by atoms with E-state index in [1.54, 1.807) is 7.11 Å². The smallest absolute Gasteiger partial charge is 0.313 e. The Kier molecular flexibility index (Phi) is 8.19. The van der Waals surface area contributed by atoms with Gasteiger partial charge in [-0.05, 0) is 30.5 Å². The highest BCUT2D eigenvalue weighted by molar-refractivity contribution is 7.99. The van der Waals surface area contributed by atoms with E-state index in [9.17, 15) is 4.79 Å². The molecule has 4 nitrogen and oxygen atoms in total. The zero-order valence-corrected chi connectivity index (χ0v) is 18.7. The quantitative estimate of drug-likeness (QED) is 0.520. The van der Waals surface area contributed by atoms with Gasteiger partial charge in [-0.2, -0.15) is 0 Å². The number of carboxylic acids is 1. The lowest BCUT2D eigenvalue weighted by Crippen LogP contribution is -2.25. The lowest BCUT2D eigenvalue weighted by molar-refractivity contribution is -0.133. The standard InChI is InChI=1S/C23H29NO3S2/c1-3-4-8-17-13-24(19-9-6-5-7-10-19)20-12-21(27-2)18(11-22(20)29-14-17)15-28-16-23(25)26/h5-7,9-12,17H,3-4,8,13-16H2,1-2H3,(H,25,26). The van der Waals surface area contributed by atoms with Crippen LogP contribution in [0.5, 0.6) is 5.75 Å². The van der Waals surface area contributed by atoms with Crippen LogP contribution in [0.2, 0.25) is 0 Å². The second-order valence-electron chi connectivity index (χ2n) is 7.28. The summed E-state index contributed by atoms with van der Waals surface area (Å²) in [6.45, 7) is 3.25. The minimum absolute atomic E-state index is 0.0998. The molecule has 1 aliphatic rings. The molecule has 2 aromatic rings. The first-order valence-electron chi connectivity index (χ1n) is 10.1. The van der Waals surface area contributed by atoms with Crippen LogP contribution in [-0.4, -0.2) is 36.2 Å². The predicted molar refractivity (Wildman–Crippen MR) is 124 cm³/mol. The van der Waals surface area contributed by atoms with Crippen molar-refractivity contribution in [2.75, 3.05) is 30.1 Å². The van der Waals surface area contributed by atoms with E-state index in [-0.39, 0.29) is 5.75 Å². The molecule has 1 heterocycles. The molecule has 1 aliphatic heterocycles. The van der Waals surface area contributed by atoms with Crippen LogP contribution in [0.25, 0.3) is 0 Å². The highest BCUT2D eigenvalue weighted by Gasteiger charge is 2.25. The summed E-state index contributed by atoms with van der Waals surface area (Å²) in [6, 6.07) is 14.9. The van der Waals surface area contributed by atoms with Crippen LogP contribution in [0.4, 0.5) is 11.4 Å². The van der Waals surface area contributed by atoms with Crippen LogP contribution >= 0.6 is 23.5 Å². The van der Waals surface area contributed by atoms with Gasteiger partial charge in [0.05, 0.1) is 18.6 Å². The molecule has 1 N–H and O–H groups in total. The molecule has 0 aliphatic carbocycles. The van der Waals surface area contributed by atoms with Gasteiger partial charge in [0.2, 0.25) is 0 Å². The molecule has 29 heavy (non-hydrogen) atoms. The third kappa shape index (κ3) is 5.86. The van der Waals surface area contributed by atoms with E-state index >= 15 is 0 Å². The van der Waals surface area contributed by atoms with Crippen molar-refractivity contribution in [3.63, 3.8) is 0 Å². The van der Waals surface area contributed by atoms with Crippen molar-refractivity contribution in [3.05, 3.63) is 48.0 Å². The number of thioether (sulfide) groups is 2. The molecule has 2 aromatic carbocycles. The van der Waals surface area contributed by atoms with Crippen molar-refractivity contribution in [2.24, 2.45) is 5.92 Å². The van der Waals surface area contributed by atoms with Gasteiger partial charge in [-0.3, -0.25) is 4.79 Å². The van der Waals surface area contributed by atoms with Gasteiger partial charge < -0.3 is 14.7 Å². The molecule has 0 aromatic heterocycles. The molecular formula is C23H29NO3S2. The second-order valence-corrected chi connectivity index (χ2v) is 9.33. The Morgan fingerprint density at radius 3 is 2.79 bits per heavy atom. The van der Waals surface area contributed by atoms with E-state index in [0.717, 1.165) is 23.6 Å². The summed E-state index contributed by atoms with van der Waals surface area (Å²) in [5.74, 6) is 2.51. The van der Waals surface area contributed by atoms with E-state index in [4.69, 9.17) is 9.84 Å². The molecule has 1 unspecified atom stereocenters. The van der Waals surface area contributed by atoms with Crippen molar-refractivity contribution < 1.29 is 14.6 Å². The Morgan fingerprint density at radius 1 is 1.31 bits per heavy atom. The van der Waals surface area contributed by atoms with Crippen LogP contribution in [0.1, 0.15) is 31.7 Å². The normalized spacial score (nSPS) is 16.2. The van der Waals surface area contributed by atoms with Crippen molar-refractivity contribution >= 4 is 40.9 Å². The minimum atomic E-state index is -0.785. The van der Waals surface area contributed by atoms with Gasteiger partial charge in [-0.15, -0.1) is 23.5 Å². The lowest BCUT2D eigenvalue weighted by atomic mass is 10.0. The van der Waals surface area contributed by atoms with Crippen LogP contribution in [-0.2, 0) is 10.5 Å². The maximum Gasteiger partial charge on any atom is 0.313 e. The summed E-state index contributed by atoms with van der Waals surface area (Å²) in [6.07, 6.45) is 3.71. The summed E-state index contributed by atoms with van der Waals surface area (Å²) in [5.41, 5.74) is 3.45. The number of benzene rings is 2. The summed E-state index contributed by atoms with van der Waals surface area (Å²) in [4.78, 5) is 14.6. The zero-order valence-electron chi connectivity index (χ0n) is 17.1. The number of hydrogen-bond donors (Lipinski definition) is 1. The molecule has 3 rings (SSSR count). The largest absolute Gasteiger partial charge is 0.496 e. The van der Waals surface area contributed by atoms with Crippen molar-refractivity contribution in [1.82, 2.24) is 0 Å². The van der Waals surface area contributed by atoms with Crippen LogP contribution in [0.15, 0.2) is 47.4 Å². The second kappa shape index (κ2) is 10.8. The average molecular weight is 432 g/mol. The average Bonchev–Trinajstić information content (AvgIpc) is 2.91.